The topological polar surface area (TPSA) is 72.5 Å². The van der Waals surface area contributed by atoms with E-state index in [0.29, 0.717) is 24.4 Å². The van der Waals surface area contributed by atoms with Crippen LogP contribution in [0.4, 0.5) is 0 Å². The maximum absolute atomic E-state index is 12.4. The van der Waals surface area contributed by atoms with Crippen LogP contribution in [0, 0.1) is 0 Å². The minimum absolute atomic E-state index is 0.0248. The molecule has 22 heavy (non-hydrogen) atoms. The number of carbonyl (C=O) groups is 1. The van der Waals surface area contributed by atoms with Crippen molar-refractivity contribution >= 4 is 5.91 Å². The number of hydrogen-bond donors (Lipinski definition) is 1. The zero-order valence-corrected chi connectivity index (χ0v) is 12.8. The molecule has 1 aliphatic heterocycles. The van der Waals surface area contributed by atoms with E-state index in [1.54, 1.807) is 36.5 Å². The molecule has 1 fully saturated rings. The Morgan fingerprint density at radius 3 is 3.09 bits per heavy atom. The molecule has 2 aromatic rings. The molecule has 1 amide bonds. The third-order valence-electron chi connectivity index (χ3n) is 3.70. The summed E-state index contributed by atoms with van der Waals surface area (Å²) in [6.07, 6.45) is 4.89. The van der Waals surface area contributed by atoms with Gasteiger partial charge in [-0.15, -0.1) is 0 Å². The smallest absolute Gasteiger partial charge is 0.255 e. The first kappa shape index (κ1) is 14.8. The molecular weight excluding hydrogens is 284 g/mol. The lowest BCUT2D eigenvalue weighted by molar-refractivity contribution is -0.0175. The first-order chi connectivity index (χ1) is 10.6. The van der Waals surface area contributed by atoms with Crippen LogP contribution >= 0.6 is 0 Å². The van der Waals surface area contributed by atoms with E-state index < -0.39 is 0 Å². The largest absolute Gasteiger partial charge is 0.472 e. The lowest BCUT2D eigenvalue weighted by Crippen LogP contribution is -2.45. The van der Waals surface area contributed by atoms with Crippen molar-refractivity contribution in [2.75, 3.05) is 33.3 Å². The van der Waals surface area contributed by atoms with Crippen LogP contribution < -0.4 is 5.32 Å². The Morgan fingerprint density at radius 1 is 1.50 bits per heavy atom. The number of morpholine rings is 1. The number of aromatic nitrogens is 2. The van der Waals surface area contributed by atoms with Crippen LogP contribution in [-0.2, 0) is 11.8 Å². The van der Waals surface area contributed by atoms with Gasteiger partial charge in [0.2, 0.25) is 0 Å². The normalized spacial score (nSPS) is 19.3. The standard InChI is InChI=1S/C15H20N4O3/c1-18-4-6-22-12(8-18)7-16-15(20)13-9-19(2)17-14(13)11-3-5-21-10-11/h3,5,9-10,12H,4,6-8H2,1-2H3,(H,16,20). The Morgan fingerprint density at radius 2 is 2.36 bits per heavy atom. The molecule has 0 aliphatic carbocycles. The molecule has 1 atom stereocenters. The number of furan rings is 1. The average Bonchev–Trinajstić information content (AvgIpc) is 3.13. The van der Waals surface area contributed by atoms with Gasteiger partial charge in [-0.1, -0.05) is 0 Å². The highest BCUT2D eigenvalue weighted by molar-refractivity contribution is 5.99. The average molecular weight is 304 g/mol. The van der Waals surface area contributed by atoms with Crippen molar-refractivity contribution in [3.8, 4) is 11.3 Å². The molecule has 3 heterocycles. The zero-order chi connectivity index (χ0) is 15.5. The summed E-state index contributed by atoms with van der Waals surface area (Å²) in [5, 5.41) is 7.27. The Kier molecular flexibility index (Phi) is 4.26. The summed E-state index contributed by atoms with van der Waals surface area (Å²) in [5.41, 5.74) is 1.95. The van der Waals surface area contributed by atoms with Crippen molar-refractivity contribution in [2.45, 2.75) is 6.10 Å². The second kappa shape index (κ2) is 6.33. The molecule has 1 aliphatic rings. The van der Waals surface area contributed by atoms with E-state index in [9.17, 15) is 4.79 Å². The van der Waals surface area contributed by atoms with Crippen molar-refractivity contribution < 1.29 is 13.9 Å². The van der Waals surface area contributed by atoms with Crippen LogP contribution in [-0.4, -0.2) is 60.0 Å². The van der Waals surface area contributed by atoms with E-state index in [1.807, 2.05) is 0 Å². The molecule has 1 N–H and O–H groups in total. The first-order valence-corrected chi connectivity index (χ1v) is 7.28. The fourth-order valence-electron chi connectivity index (χ4n) is 2.56. The van der Waals surface area contributed by atoms with Gasteiger partial charge in [-0.05, 0) is 13.1 Å². The molecule has 0 saturated carbocycles. The maximum atomic E-state index is 12.4. The van der Waals surface area contributed by atoms with Gasteiger partial charge >= 0.3 is 0 Å². The molecule has 7 heteroatoms. The van der Waals surface area contributed by atoms with E-state index >= 15 is 0 Å². The number of carbonyl (C=O) groups excluding carboxylic acids is 1. The second-order valence-electron chi connectivity index (χ2n) is 5.54. The molecule has 7 nitrogen and oxygen atoms in total. The van der Waals surface area contributed by atoms with E-state index in [4.69, 9.17) is 9.15 Å². The van der Waals surface area contributed by atoms with Crippen molar-refractivity contribution in [3.63, 3.8) is 0 Å². The lowest BCUT2D eigenvalue weighted by atomic mass is 10.1. The Labute approximate surface area is 128 Å². The summed E-state index contributed by atoms with van der Waals surface area (Å²) in [4.78, 5) is 14.6. The molecule has 0 spiro atoms. The van der Waals surface area contributed by atoms with E-state index in [1.165, 1.54) is 0 Å². The molecule has 118 valence electrons. The van der Waals surface area contributed by atoms with Crippen LogP contribution in [0.1, 0.15) is 10.4 Å². The maximum Gasteiger partial charge on any atom is 0.255 e. The summed E-state index contributed by atoms with van der Waals surface area (Å²) in [6.45, 7) is 2.94. The predicted molar refractivity (Wildman–Crippen MR) is 80.5 cm³/mol. The summed E-state index contributed by atoms with van der Waals surface area (Å²) in [5.74, 6) is -0.152. The summed E-state index contributed by atoms with van der Waals surface area (Å²) < 4.78 is 12.4. The Bertz CT molecular complexity index is 635. The van der Waals surface area contributed by atoms with Gasteiger partial charge in [-0.25, -0.2) is 0 Å². The molecule has 0 bridgehead atoms. The van der Waals surface area contributed by atoms with Crippen LogP contribution in [0.2, 0.25) is 0 Å². The van der Waals surface area contributed by atoms with Gasteiger partial charge in [-0.3, -0.25) is 9.48 Å². The van der Waals surface area contributed by atoms with Crippen LogP contribution in [0.25, 0.3) is 11.3 Å². The molecule has 3 rings (SSSR count). The SMILES string of the molecule is CN1CCOC(CNC(=O)c2cn(C)nc2-c2ccoc2)C1. The van der Waals surface area contributed by atoms with Gasteiger partial charge in [-0.2, -0.15) is 5.10 Å². The molecular formula is C15H20N4O3. The highest BCUT2D eigenvalue weighted by Crippen LogP contribution is 2.22. The molecule has 1 saturated heterocycles. The predicted octanol–water partition coefficient (Wildman–Crippen LogP) is 0.740. The van der Waals surface area contributed by atoms with Gasteiger partial charge < -0.3 is 19.4 Å². The minimum atomic E-state index is -0.152. The molecule has 0 radical (unpaired) electrons. The Hall–Kier alpha value is -2.12. The zero-order valence-electron chi connectivity index (χ0n) is 12.8. The van der Waals surface area contributed by atoms with Crippen molar-refractivity contribution in [3.05, 3.63) is 30.4 Å². The van der Waals surface area contributed by atoms with E-state index in [2.05, 4.69) is 22.4 Å². The number of amides is 1. The highest BCUT2D eigenvalue weighted by atomic mass is 16.5. The number of nitrogens with zero attached hydrogens (tertiary/aromatic N) is 3. The van der Waals surface area contributed by atoms with Crippen molar-refractivity contribution in [1.82, 2.24) is 20.0 Å². The lowest BCUT2D eigenvalue weighted by Gasteiger charge is -2.30. The van der Waals surface area contributed by atoms with Gasteiger partial charge in [0.25, 0.3) is 5.91 Å². The van der Waals surface area contributed by atoms with E-state index in [-0.39, 0.29) is 12.0 Å². The van der Waals surface area contributed by atoms with Crippen molar-refractivity contribution in [1.29, 1.82) is 0 Å². The van der Waals surface area contributed by atoms with Gasteiger partial charge in [0.1, 0.15) is 5.69 Å². The second-order valence-corrected chi connectivity index (χ2v) is 5.54. The van der Waals surface area contributed by atoms with Crippen molar-refractivity contribution in [2.24, 2.45) is 7.05 Å². The number of nitrogens with one attached hydrogen (secondary N) is 1. The van der Waals surface area contributed by atoms with Crippen LogP contribution in [0.3, 0.4) is 0 Å². The monoisotopic (exact) mass is 304 g/mol. The molecule has 0 aromatic carbocycles. The summed E-state index contributed by atoms with van der Waals surface area (Å²) in [7, 11) is 3.84. The first-order valence-electron chi connectivity index (χ1n) is 7.28. The quantitative estimate of drug-likeness (QED) is 0.902. The van der Waals surface area contributed by atoms with Gasteiger partial charge in [0.05, 0.1) is 30.8 Å². The van der Waals surface area contributed by atoms with E-state index in [0.717, 1.165) is 18.7 Å². The van der Waals surface area contributed by atoms with Gasteiger partial charge in [0.15, 0.2) is 0 Å². The van der Waals surface area contributed by atoms with Gasteiger partial charge in [0, 0.05) is 38.4 Å². The third-order valence-corrected chi connectivity index (χ3v) is 3.70. The Balaban J connectivity index is 1.67. The fourth-order valence-corrected chi connectivity index (χ4v) is 2.56. The van der Waals surface area contributed by atoms with Crippen LogP contribution in [0.15, 0.2) is 29.2 Å². The summed E-state index contributed by atoms with van der Waals surface area (Å²) in [6, 6.07) is 1.79. The minimum Gasteiger partial charge on any atom is -0.472 e. The number of aryl methyl sites for hydroxylation is 1. The number of likely N-dealkylation sites (N-methyl/N-ethyl adjacent to an activating group) is 1. The fraction of sp³-hybridized carbons (Fsp3) is 0.467. The number of ether oxygens (including phenoxy) is 1. The highest BCUT2D eigenvalue weighted by Gasteiger charge is 2.21. The third kappa shape index (κ3) is 3.20. The number of hydrogen-bond acceptors (Lipinski definition) is 5. The molecule has 1 unspecified atom stereocenters. The molecule has 2 aromatic heterocycles. The summed E-state index contributed by atoms with van der Waals surface area (Å²) >= 11 is 0. The van der Waals surface area contributed by atoms with Crippen LogP contribution in [0.5, 0.6) is 0 Å². The number of rotatable bonds is 4.